The van der Waals surface area contributed by atoms with Gasteiger partial charge < -0.3 is 15.2 Å². The van der Waals surface area contributed by atoms with Gasteiger partial charge in [-0.2, -0.15) is 67.9 Å². The van der Waals surface area contributed by atoms with Gasteiger partial charge in [-0.1, -0.05) is 42.8 Å². The third-order valence-electron chi connectivity index (χ3n) is 6.36. The molecule has 3 aromatic carbocycles. The van der Waals surface area contributed by atoms with Crippen molar-refractivity contribution in [2.75, 3.05) is 6.54 Å². The van der Waals surface area contributed by atoms with Gasteiger partial charge in [0, 0.05) is 12.7 Å². The van der Waals surface area contributed by atoms with Gasteiger partial charge in [0.15, 0.2) is 0 Å². The van der Waals surface area contributed by atoms with E-state index >= 15 is 0 Å². The molecule has 0 aliphatic carbocycles. The molecule has 1 atom stereocenters. The largest absolute Gasteiger partial charge is 3.00 e. The van der Waals surface area contributed by atoms with Crippen molar-refractivity contribution in [1.82, 2.24) is 9.88 Å². The van der Waals surface area contributed by atoms with Crippen LogP contribution in [0.25, 0.3) is 27.7 Å². The molecule has 0 amide bonds. The van der Waals surface area contributed by atoms with Crippen molar-refractivity contribution in [3.8, 4) is 22.4 Å². The van der Waals surface area contributed by atoms with Gasteiger partial charge in [-0.05, 0) is 46.4 Å². The number of aromatic nitrogens is 1. The number of pyridine rings is 1. The van der Waals surface area contributed by atoms with E-state index in [0.29, 0.717) is 17.2 Å². The second-order valence-electron chi connectivity index (χ2n) is 8.84. The van der Waals surface area contributed by atoms with Gasteiger partial charge in [0.2, 0.25) is 0 Å². The summed E-state index contributed by atoms with van der Waals surface area (Å²) in [7, 11) is 0. The van der Waals surface area contributed by atoms with E-state index in [1.54, 1.807) is 42.5 Å². The Morgan fingerprint density at radius 2 is 1.65 bits per heavy atom. The molecule has 3 heterocycles. The molecule has 2 aliphatic rings. The van der Waals surface area contributed by atoms with E-state index in [1.165, 1.54) is 17.3 Å². The summed E-state index contributed by atoms with van der Waals surface area (Å²) in [5.41, 5.74) is 0.158. The average Bonchev–Trinajstić information content (AvgIpc) is 3.42. The molecule has 1 aromatic heterocycles. The monoisotopic (exact) mass is 729 g/mol. The fourth-order valence-corrected chi connectivity index (χ4v) is 4.56. The van der Waals surface area contributed by atoms with Crippen molar-refractivity contribution >= 4 is 0 Å². The average molecular weight is 729 g/mol. The van der Waals surface area contributed by atoms with Gasteiger partial charge in [0.05, 0.1) is 0 Å². The summed E-state index contributed by atoms with van der Waals surface area (Å²) in [4.78, 5) is 6.32. The summed E-state index contributed by atoms with van der Waals surface area (Å²) < 4.78 is 78.2. The maximum atomic E-state index is 13.1. The Morgan fingerprint density at radius 3 is 2.38 bits per heavy atom. The fourth-order valence-electron chi connectivity index (χ4n) is 4.56. The Balaban J connectivity index is 0.000000220. The van der Waals surface area contributed by atoms with Crippen LogP contribution in [0.4, 0.5) is 26.3 Å². The van der Waals surface area contributed by atoms with Gasteiger partial charge in [-0.25, -0.2) is 0 Å². The van der Waals surface area contributed by atoms with Crippen molar-refractivity contribution in [3.63, 3.8) is 0 Å². The van der Waals surface area contributed by atoms with Crippen LogP contribution in [0, 0.1) is 12.1 Å². The summed E-state index contributed by atoms with van der Waals surface area (Å²) in [6.45, 7) is 1.08. The van der Waals surface area contributed by atoms with Crippen molar-refractivity contribution in [3.05, 3.63) is 131 Å². The number of rotatable bonds is 2. The van der Waals surface area contributed by atoms with E-state index in [2.05, 4.69) is 39.6 Å². The summed E-state index contributed by atoms with van der Waals surface area (Å²) >= 11 is 0. The maximum Gasteiger partial charge on any atom is 3.00 e. The molecule has 0 radical (unpaired) electrons. The number of halogens is 6. The van der Waals surface area contributed by atoms with E-state index in [1.807, 2.05) is 18.3 Å². The first kappa shape index (κ1) is 29.4. The van der Waals surface area contributed by atoms with Crippen molar-refractivity contribution in [2.45, 2.75) is 24.9 Å². The molecule has 3 nitrogen and oxygen atoms in total. The van der Waals surface area contributed by atoms with Crippen molar-refractivity contribution in [2.24, 2.45) is 0 Å². The number of alkyl halides is 6. The van der Waals surface area contributed by atoms with E-state index in [4.69, 9.17) is 0 Å². The standard InChI is InChI=1S/C19H10F6N.C11H10N2.Ir/c20-18(21,22)15-9-8-13(11-16(15)19(23,24)25)17-14(7-4-10-26-17)12-5-2-1-3-6-12;1-2-4-10-9(3-1)5-7-13-8-6-12-11(10)13;/h1-10H;1-3,6,8,11H,5,7H2;/q-1;-2;+3. The number of nitrogens with zero attached hydrogens (tertiary/aromatic N) is 3. The first-order valence-electron chi connectivity index (χ1n) is 12.0. The van der Waals surface area contributed by atoms with Gasteiger partial charge in [-0.15, -0.1) is 23.8 Å². The quantitative estimate of drug-likeness (QED) is 0.153. The zero-order valence-electron chi connectivity index (χ0n) is 20.6. The minimum atomic E-state index is -5.19. The Morgan fingerprint density at radius 1 is 0.875 bits per heavy atom. The van der Waals surface area contributed by atoms with E-state index in [0.717, 1.165) is 19.0 Å². The van der Waals surface area contributed by atoms with Crippen LogP contribution >= 0.6 is 0 Å². The molecular weight excluding hydrogens is 709 g/mol. The van der Waals surface area contributed by atoms with Gasteiger partial charge in [-0.3, -0.25) is 0 Å². The van der Waals surface area contributed by atoms with Gasteiger partial charge >= 0.3 is 32.5 Å². The van der Waals surface area contributed by atoms with Crippen LogP contribution in [0.5, 0.6) is 0 Å². The molecule has 0 saturated carbocycles. The molecule has 0 spiro atoms. The number of benzene rings is 3. The summed E-state index contributed by atoms with van der Waals surface area (Å²) in [6, 6.07) is 24.7. The predicted octanol–water partition coefficient (Wildman–Crippen LogP) is 8.45. The first-order valence-corrected chi connectivity index (χ1v) is 12.0. The van der Waals surface area contributed by atoms with Crippen molar-refractivity contribution < 1.29 is 46.4 Å². The Bertz CT molecular complexity index is 1490. The maximum absolute atomic E-state index is 13.1. The Hall–Kier alpha value is -3.62. The SMILES string of the molecule is FC(F)(F)c1[c-]c(-c2ncccc2-c2ccccc2)ccc1C(F)(F)F.[Ir+3].[c-]1cccc2c1C1[N-]C=CN1CC2. The second kappa shape index (κ2) is 11.9. The molecule has 2 aliphatic heterocycles. The van der Waals surface area contributed by atoms with E-state index < -0.39 is 23.5 Å². The summed E-state index contributed by atoms with van der Waals surface area (Å²) in [5.74, 6) is 0. The Kier molecular flexibility index (Phi) is 8.71. The van der Waals surface area contributed by atoms with Gasteiger partial charge in [0.1, 0.15) is 0 Å². The molecule has 0 fully saturated rings. The molecule has 4 aromatic rings. The Labute approximate surface area is 240 Å². The van der Waals surface area contributed by atoms with E-state index in [-0.39, 0.29) is 37.5 Å². The molecule has 206 valence electrons. The number of hydrogen-bond donors (Lipinski definition) is 0. The number of fused-ring (bicyclic) bond motifs is 3. The van der Waals surface area contributed by atoms with Gasteiger partial charge in [0.25, 0.3) is 0 Å². The van der Waals surface area contributed by atoms with Crippen molar-refractivity contribution in [1.29, 1.82) is 0 Å². The topological polar surface area (TPSA) is 30.2 Å². The number of hydrogen-bond acceptors (Lipinski definition) is 2. The molecule has 0 N–H and O–H groups in total. The normalized spacial score (nSPS) is 15.7. The molecule has 6 rings (SSSR count). The molecular formula is C30H20F6IrN3. The zero-order valence-corrected chi connectivity index (χ0v) is 23.0. The molecule has 0 bridgehead atoms. The smallest absolute Gasteiger partial charge is 0.668 e. The summed E-state index contributed by atoms with van der Waals surface area (Å²) in [6.07, 6.45) is -3.68. The zero-order chi connectivity index (χ0) is 27.6. The van der Waals surface area contributed by atoms with Crippen LogP contribution in [0.1, 0.15) is 28.4 Å². The molecule has 0 saturated heterocycles. The summed E-state index contributed by atoms with van der Waals surface area (Å²) in [5, 5.41) is 4.41. The second-order valence-corrected chi connectivity index (χ2v) is 8.84. The minimum absolute atomic E-state index is 0. The van der Waals surface area contributed by atoms with Crippen LogP contribution < -0.4 is 0 Å². The van der Waals surface area contributed by atoms with Crippen LogP contribution in [0.15, 0.2) is 91.4 Å². The molecule has 1 unspecified atom stereocenters. The van der Waals surface area contributed by atoms with Crippen LogP contribution in [-0.4, -0.2) is 16.4 Å². The minimum Gasteiger partial charge on any atom is -0.668 e. The van der Waals surface area contributed by atoms with E-state index in [9.17, 15) is 26.3 Å². The molecule has 10 heteroatoms. The third-order valence-corrected chi connectivity index (χ3v) is 6.36. The first-order chi connectivity index (χ1) is 18.6. The van der Waals surface area contributed by atoms with Crippen LogP contribution in [-0.2, 0) is 38.9 Å². The molecule has 40 heavy (non-hydrogen) atoms. The fraction of sp³-hybridized carbons (Fsp3) is 0.167. The van der Waals surface area contributed by atoms with Crippen LogP contribution in [0.3, 0.4) is 0 Å². The van der Waals surface area contributed by atoms with Crippen LogP contribution in [0.2, 0.25) is 0 Å². The predicted molar refractivity (Wildman–Crippen MR) is 135 cm³/mol. The third kappa shape index (κ3) is 6.24.